The Morgan fingerprint density at radius 2 is 2.00 bits per heavy atom. The number of carbonyl (C=O) groups excluding carboxylic acids is 2. The average Bonchev–Trinajstić information content (AvgIpc) is 2.63. The van der Waals surface area contributed by atoms with Crippen molar-refractivity contribution >= 4 is 40.7 Å². The molecule has 0 spiro atoms. The van der Waals surface area contributed by atoms with E-state index in [1.807, 2.05) is 13.0 Å². The van der Waals surface area contributed by atoms with E-state index in [0.717, 1.165) is 5.56 Å². The zero-order valence-electron chi connectivity index (χ0n) is 14.4. The second kappa shape index (κ2) is 7.56. The van der Waals surface area contributed by atoms with E-state index >= 15 is 0 Å². The van der Waals surface area contributed by atoms with Crippen molar-refractivity contribution in [3.63, 3.8) is 0 Å². The highest BCUT2D eigenvalue weighted by molar-refractivity contribution is 6.35. The van der Waals surface area contributed by atoms with Crippen LogP contribution in [0.25, 0.3) is 0 Å². The van der Waals surface area contributed by atoms with E-state index in [9.17, 15) is 9.59 Å². The van der Waals surface area contributed by atoms with Crippen LogP contribution in [0, 0.1) is 0 Å². The van der Waals surface area contributed by atoms with Crippen LogP contribution in [0.2, 0.25) is 10.0 Å². The first-order chi connectivity index (χ1) is 12.4. The molecule has 1 atom stereocenters. The van der Waals surface area contributed by atoms with Crippen LogP contribution in [0.3, 0.4) is 0 Å². The number of fused-ring (bicyclic) bond motifs is 1. The third-order valence-electron chi connectivity index (χ3n) is 4.49. The van der Waals surface area contributed by atoms with Gasteiger partial charge in [0.25, 0.3) is 5.91 Å². The van der Waals surface area contributed by atoms with E-state index in [2.05, 4.69) is 0 Å². The van der Waals surface area contributed by atoms with E-state index in [-0.39, 0.29) is 31.0 Å². The monoisotopic (exact) mass is 392 g/mol. The first-order valence-corrected chi connectivity index (χ1v) is 8.87. The second-order valence-electron chi connectivity index (χ2n) is 6.08. The largest absolute Gasteiger partial charge is 0.482 e. The summed E-state index contributed by atoms with van der Waals surface area (Å²) < 4.78 is 5.41. The van der Waals surface area contributed by atoms with Gasteiger partial charge in [0.05, 0.1) is 11.7 Å². The van der Waals surface area contributed by atoms with Gasteiger partial charge in [0.1, 0.15) is 12.3 Å². The van der Waals surface area contributed by atoms with E-state index in [1.165, 1.54) is 4.90 Å². The van der Waals surface area contributed by atoms with Gasteiger partial charge in [0, 0.05) is 17.1 Å². The van der Waals surface area contributed by atoms with Crippen molar-refractivity contribution in [3.8, 4) is 5.75 Å². The number of hydrogen-bond acceptors (Lipinski definition) is 3. The smallest absolute Gasteiger partial charge is 0.265 e. The molecule has 0 radical (unpaired) electrons. The van der Waals surface area contributed by atoms with Crippen LogP contribution >= 0.6 is 23.2 Å². The molecule has 3 rings (SSSR count). The lowest BCUT2D eigenvalue weighted by Crippen LogP contribution is -2.46. The van der Waals surface area contributed by atoms with Gasteiger partial charge < -0.3 is 9.64 Å². The van der Waals surface area contributed by atoms with Gasteiger partial charge in [0.15, 0.2) is 6.61 Å². The molecule has 136 valence electrons. The standard InChI is InChI=1S/C19H18Cl2N2O3/c1-12(14-8-7-13(20)9-15(14)21)22(2)18(24)10-23-16-5-3-4-6-17(16)26-11-19(23)25/h3-9,12H,10-11H2,1-2H3. The third kappa shape index (κ3) is 3.64. The number of rotatable bonds is 4. The molecule has 7 heteroatoms. The van der Waals surface area contributed by atoms with Crippen molar-refractivity contribution in [1.29, 1.82) is 0 Å². The van der Waals surface area contributed by atoms with Crippen molar-refractivity contribution in [1.82, 2.24) is 4.90 Å². The molecule has 0 bridgehead atoms. The summed E-state index contributed by atoms with van der Waals surface area (Å²) in [6, 6.07) is 12.1. The Morgan fingerprint density at radius 1 is 1.27 bits per heavy atom. The molecule has 0 aliphatic carbocycles. The fraction of sp³-hybridized carbons (Fsp3) is 0.263. The minimum absolute atomic E-state index is 0.0642. The number of para-hydroxylation sites is 2. The zero-order valence-corrected chi connectivity index (χ0v) is 15.9. The molecular weight excluding hydrogens is 375 g/mol. The van der Waals surface area contributed by atoms with Gasteiger partial charge in [-0.3, -0.25) is 14.5 Å². The Hall–Kier alpha value is -2.24. The van der Waals surface area contributed by atoms with E-state index < -0.39 is 0 Å². The predicted octanol–water partition coefficient (Wildman–Crippen LogP) is 3.94. The molecule has 0 N–H and O–H groups in total. The summed E-state index contributed by atoms with van der Waals surface area (Å²) in [7, 11) is 1.69. The van der Waals surface area contributed by atoms with E-state index in [4.69, 9.17) is 27.9 Å². The fourth-order valence-electron chi connectivity index (χ4n) is 2.84. The van der Waals surface area contributed by atoms with Crippen LogP contribution in [0.15, 0.2) is 42.5 Å². The number of likely N-dealkylation sites (N-methyl/N-ethyl adjacent to an activating group) is 1. The number of ether oxygens (including phenoxy) is 1. The molecule has 1 aliphatic heterocycles. The number of amides is 2. The van der Waals surface area contributed by atoms with Gasteiger partial charge in [0.2, 0.25) is 5.91 Å². The maximum absolute atomic E-state index is 12.8. The number of halogens is 2. The maximum atomic E-state index is 12.8. The van der Waals surface area contributed by atoms with Gasteiger partial charge in [-0.1, -0.05) is 41.4 Å². The Morgan fingerprint density at radius 3 is 2.73 bits per heavy atom. The van der Waals surface area contributed by atoms with Crippen molar-refractivity contribution in [2.24, 2.45) is 0 Å². The predicted molar refractivity (Wildman–Crippen MR) is 102 cm³/mol. The highest BCUT2D eigenvalue weighted by atomic mass is 35.5. The maximum Gasteiger partial charge on any atom is 0.265 e. The van der Waals surface area contributed by atoms with Crippen molar-refractivity contribution < 1.29 is 14.3 Å². The normalized spacial score (nSPS) is 14.5. The Kier molecular flexibility index (Phi) is 5.39. The molecule has 5 nitrogen and oxygen atoms in total. The van der Waals surface area contributed by atoms with Gasteiger partial charge in [-0.05, 0) is 36.8 Å². The van der Waals surface area contributed by atoms with Gasteiger partial charge in [-0.15, -0.1) is 0 Å². The summed E-state index contributed by atoms with van der Waals surface area (Å²) in [4.78, 5) is 28.0. The molecule has 2 aromatic carbocycles. The third-order valence-corrected chi connectivity index (χ3v) is 5.05. The first kappa shape index (κ1) is 18.5. The molecule has 1 heterocycles. The molecule has 0 saturated carbocycles. The van der Waals surface area contributed by atoms with Crippen LogP contribution in [-0.4, -0.2) is 36.9 Å². The summed E-state index contributed by atoms with van der Waals surface area (Å²) >= 11 is 12.2. The molecule has 2 amide bonds. The van der Waals surface area contributed by atoms with Crippen molar-refractivity contribution in [3.05, 3.63) is 58.1 Å². The highest BCUT2D eigenvalue weighted by Crippen LogP contribution is 2.32. The van der Waals surface area contributed by atoms with Gasteiger partial charge >= 0.3 is 0 Å². The van der Waals surface area contributed by atoms with Crippen LogP contribution < -0.4 is 9.64 Å². The molecule has 0 saturated heterocycles. The van der Waals surface area contributed by atoms with E-state index in [1.54, 1.807) is 48.3 Å². The van der Waals surface area contributed by atoms with Gasteiger partial charge in [-0.2, -0.15) is 0 Å². The molecule has 0 fully saturated rings. The van der Waals surface area contributed by atoms with E-state index in [0.29, 0.717) is 21.5 Å². The topological polar surface area (TPSA) is 49.9 Å². The Labute approximate surface area is 162 Å². The fourth-order valence-corrected chi connectivity index (χ4v) is 3.41. The zero-order chi connectivity index (χ0) is 18.8. The molecule has 1 aliphatic rings. The number of anilines is 1. The highest BCUT2D eigenvalue weighted by Gasteiger charge is 2.29. The molecule has 26 heavy (non-hydrogen) atoms. The molecule has 0 aromatic heterocycles. The summed E-state index contributed by atoms with van der Waals surface area (Å²) in [6.07, 6.45) is 0. The Bertz CT molecular complexity index is 856. The lowest BCUT2D eigenvalue weighted by molar-refractivity contribution is -0.132. The summed E-state index contributed by atoms with van der Waals surface area (Å²) in [5.74, 6) is 0.146. The summed E-state index contributed by atoms with van der Waals surface area (Å²) in [5.41, 5.74) is 1.39. The summed E-state index contributed by atoms with van der Waals surface area (Å²) in [5, 5.41) is 1.04. The number of carbonyl (C=O) groups is 2. The van der Waals surface area contributed by atoms with Crippen LogP contribution in [0.1, 0.15) is 18.5 Å². The number of nitrogens with zero attached hydrogens (tertiary/aromatic N) is 2. The van der Waals surface area contributed by atoms with Crippen LogP contribution in [0.4, 0.5) is 5.69 Å². The lowest BCUT2D eigenvalue weighted by Gasteiger charge is -2.32. The average molecular weight is 393 g/mol. The molecule has 2 aromatic rings. The summed E-state index contributed by atoms with van der Waals surface area (Å²) in [6.45, 7) is 1.74. The molecular formula is C19H18Cl2N2O3. The van der Waals surface area contributed by atoms with Crippen molar-refractivity contribution in [2.75, 3.05) is 25.1 Å². The first-order valence-electron chi connectivity index (χ1n) is 8.11. The second-order valence-corrected chi connectivity index (χ2v) is 6.93. The SMILES string of the molecule is CC(c1ccc(Cl)cc1Cl)N(C)C(=O)CN1C(=O)COc2ccccc21. The quantitative estimate of drug-likeness (QED) is 0.791. The van der Waals surface area contributed by atoms with Crippen LogP contribution in [-0.2, 0) is 9.59 Å². The van der Waals surface area contributed by atoms with Gasteiger partial charge in [-0.25, -0.2) is 0 Å². The lowest BCUT2D eigenvalue weighted by atomic mass is 10.1. The van der Waals surface area contributed by atoms with Crippen molar-refractivity contribution in [2.45, 2.75) is 13.0 Å². The minimum Gasteiger partial charge on any atom is -0.482 e. The number of hydrogen-bond donors (Lipinski definition) is 0. The van der Waals surface area contributed by atoms with Crippen LogP contribution in [0.5, 0.6) is 5.75 Å². The number of benzene rings is 2. The Balaban J connectivity index is 1.78. The minimum atomic E-state index is -0.265. The molecule has 1 unspecified atom stereocenters.